The molecule has 6 heteroatoms. The van der Waals surface area contributed by atoms with Crippen LogP contribution in [0.25, 0.3) is 0 Å². The van der Waals surface area contributed by atoms with Crippen LogP contribution in [0.15, 0.2) is 12.1 Å². The van der Waals surface area contributed by atoms with Crippen molar-refractivity contribution in [3.8, 4) is 0 Å². The van der Waals surface area contributed by atoms with E-state index in [1.165, 1.54) is 0 Å². The lowest BCUT2D eigenvalue weighted by molar-refractivity contribution is 0.764. The van der Waals surface area contributed by atoms with E-state index in [9.17, 15) is 0 Å². The van der Waals surface area contributed by atoms with Crippen molar-refractivity contribution in [3.05, 3.63) is 34.6 Å². The van der Waals surface area contributed by atoms with Gasteiger partial charge in [-0.15, -0.1) is 0 Å². The average Bonchev–Trinajstić information content (AvgIpc) is 2.55. The predicted octanol–water partition coefficient (Wildman–Crippen LogP) is 2.12. The van der Waals surface area contributed by atoms with E-state index in [-0.39, 0.29) is 0 Å². The van der Waals surface area contributed by atoms with Crippen molar-refractivity contribution in [2.45, 2.75) is 20.8 Å². The van der Waals surface area contributed by atoms with Gasteiger partial charge < -0.3 is 11.1 Å². The second-order valence-electron chi connectivity index (χ2n) is 4.59. The largest absolute Gasteiger partial charge is 0.389 e. The Bertz CT molecular complexity index is 645. The van der Waals surface area contributed by atoms with Gasteiger partial charge in [-0.25, -0.2) is 4.98 Å². The number of aryl methyl sites for hydroxylation is 4. The molecule has 2 aromatic rings. The lowest BCUT2D eigenvalue weighted by Crippen LogP contribution is -2.16. The molecule has 0 amide bonds. The van der Waals surface area contributed by atoms with Gasteiger partial charge in [0.25, 0.3) is 0 Å². The minimum Gasteiger partial charge on any atom is -0.389 e. The Morgan fingerprint density at radius 2 is 1.95 bits per heavy atom. The first-order valence-corrected chi connectivity index (χ1v) is 6.35. The number of thiocarbonyl (C=S) groups is 1. The minimum absolute atomic E-state index is 0.339. The molecule has 2 heterocycles. The van der Waals surface area contributed by atoms with Crippen LogP contribution in [0.5, 0.6) is 0 Å². The van der Waals surface area contributed by atoms with E-state index in [4.69, 9.17) is 18.0 Å². The molecule has 0 unspecified atom stereocenters. The number of hydrogen-bond acceptors (Lipinski definition) is 4. The molecule has 0 saturated carbocycles. The van der Waals surface area contributed by atoms with Gasteiger partial charge in [0.2, 0.25) is 0 Å². The average molecular weight is 275 g/mol. The first-order chi connectivity index (χ1) is 8.88. The van der Waals surface area contributed by atoms with Gasteiger partial charge in [0, 0.05) is 18.8 Å². The molecule has 0 radical (unpaired) electrons. The Balaban J connectivity index is 2.50. The van der Waals surface area contributed by atoms with E-state index < -0.39 is 0 Å². The Labute approximate surface area is 117 Å². The van der Waals surface area contributed by atoms with E-state index >= 15 is 0 Å². The molecule has 3 N–H and O–H groups in total. The highest BCUT2D eigenvalue weighted by molar-refractivity contribution is 7.80. The summed E-state index contributed by atoms with van der Waals surface area (Å²) in [6.07, 6.45) is 0. The van der Waals surface area contributed by atoms with Gasteiger partial charge in [-0.3, -0.25) is 4.68 Å². The maximum atomic E-state index is 5.79. The molecule has 2 rings (SSSR count). The van der Waals surface area contributed by atoms with Crippen molar-refractivity contribution >= 4 is 28.8 Å². The number of nitrogens with one attached hydrogen (secondary N) is 1. The van der Waals surface area contributed by atoms with Crippen molar-refractivity contribution in [2.24, 2.45) is 12.8 Å². The fraction of sp³-hybridized carbons (Fsp3) is 0.308. The second kappa shape index (κ2) is 4.97. The molecular weight excluding hydrogens is 258 g/mol. The molecule has 0 saturated heterocycles. The van der Waals surface area contributed by atoms with Gasteiger partial charge in [-0.05, 0) is 32.4 Å². The third-order valence-corrected chi connectivity index (χ3v) is 3.04. The third-order valence-electron chi connectivity index (χ3n) is 2.84. The van der Waals surface area contributed by atoms with Crippen LogP contribution >= 0.6 is 12.2 Å². The molecule has 5 nitrogen and oxygen atoms in total. The number of hydrogen-bond donors (Lipinski definition) is 2. The maximum Gasteiger partial charge on any atom is 0.142 e. The Morgan fingerprint density at radius 1 is 1.26 bits per heavy atom. The van der Waals surface area contributed by atoms with Crippen molar-refractivity contribution in [1.29, 1.82) is 0 Å². The van der Waals surface area contributed by atoms with Crippen LogP contribution in [0.1, 0.15) is 22.5 Å². The van der Waals surface area contributed by atoms with E-state index in [2.05, 4.69) is 15.4 Å². The molecule has 0 bridgehead atoms. The summed E-state index contributed by atoms with van der Waals surface area (Å²) in [6, 6.07) is 3.91. The second-order valence-corrected chi connectivity index (χ2v) is 5.03. The lowest BCUT2D eigenvalue weighted by atomic mass is 10.1. The summed E-state index contributed by atoms with van der Waals surface area (Å²) in [5.41, 5.74) is 9.44. The predicted molar refractivity (Wildman–Crippen MR) is 80.8 cm³/mol. The van der Waals surface area contributed by atoms with Gasteiger partial charge in [0.15, 0.2) is 0 Å². The van der Waals surface area contributed by atoms with Gasteiger partial charge >= 0.3 is 0 Å². The quantitative estimate of drug-likeness (QED) is 0.840. The van der Waals surface area contributed by atoms with Crippen LogP contribution in [0, 0.1) is 20.8 Å². The number of nitrogens with two attached hydrogens (primary N) is 1. The number of aromatic nitrogens is 3. The Hall–Kier alpha value is -1.95. The van der Waals surface area contributed by atoms with Crippen molar-refractivity contribution in [2.75, 3.05) is 5.32 Å². The van der Waals surface area contributed by atoms with E-state index in [0.29, 0.717) is 10.8 Å². The van der Waals surface area contributed by atoms with Crippen molar-refractivity contribution < 1.29 is 0 Å². The lowest BCUT2D eigenvalue weighted by Gasteiger charge is -2.13. The van der Waals surface area contributed by atoms with Crippen LogP contribution in [0.2, 0.25) is 0 Å². The number of anilines is 2. The monoisotopic (exact) mass is 275 g/mol. The van der Waals surface area contributed by atoms with Crippen LogP contribution in [-0.2, 0) is 7.05 Å². The summed E-state index contributed by atoms with van der Waals surface area (Å²) in [4.78, 5) is 4.82. The van der Waals surface area contributed by atoms with Crippen LogP contribution in [0.3, 0.4) is 0 Å². The topological polar surface area (TPSA) is 68.8 Å². The number of pyridine rings is 1. The molecule has 19 heavy (non-hydrogen) atoms. The fourth-order valence-electron chi connectivity index (χ4n) is 2.09. The first-order valence-electron chi connectivity index (χ1n) is 5.94. The summed E-state index contributed by atoms with van der Waals surface area (Å²) >= 11 is 5.11. The zero-order valence-corrected chi connectivity index (χ0v) is 12.3. The van der Waals surface area contributed by atoms with Gasteiger partial charge in [0.1, 0.15) is 16.6 Å². The van der Waals surface area contributed by atoms with Crippen LogP contribution in [-0.4, -0.2) is 19.8 Å². The van der Waals surface area contributed by atoms with Gasteiger partial charge in [-0.2, -0.15) is 5.10 Å². The minimum atomic E-state index is 0.339. The van der Waals surface area contributed by atoms with Gasteiger partial charge in [0.05, 0.1) is 11.3 Å². The molecule has 2 aromatic heterocycles. The summed E-state index contributed by atoms with van der Waals surface area (Å²) in [7, 11) is 1.87. The van der Waals surface area contributed by atoms with E-state index in [1.54, 1.807) is 4.68 Å². The molecule has 0 atom stereocenters. The molecule has 0 aromatic carbocycles. The summed E-state index contributed by atoms with van der Waals surface area (Å²) in [6.45, 7) is 5.85. The third kappa shape index (κ3) is 2.73. The zero-order chi connectivity index (χ0) is 14.2. The maximum absolute atomic E-state index is 5.79. The van der Waals surface area contributed by atoms with E-state index in [1.807, 2.05) is 40.0 Å². The highest BCUT2D eigenvalue weighted by atomic mass is 32.1. The highest BCUT2D eigenvalue weighted by Gasteiger charge is 2.13. The molecule has 0 aliphatic carbocycles. The summed E-state index contributed by atoms with van der Waals surface area (Å²) in [5, 5.41) is 7.54. The highest BCUT2D eigenvalue weighted by Crippen LogP contribution is 2.22. The zero-order valence-electron chi connectivity index (χ0n) is 11.5. The molecule has 100 valence electrons. The molecule has 0 aliphatic rings. The van der Waals surface area contributed by atoms with Crippen molar-refractivity contribution in [3.63, 3.8) is 0 Å². The van der Waals surface area contributed by atoms with Gasteiger partial charge in [-0.1, -0.05) is 12.2 Å². The Kier molecular flexibility index (Phi) is 3.53. The SMILES string of the molecule is Cc1cc(C)c(C(N)=S)c(Nc2cc(C)nn2C)n1. The van der Waals surface area contributed by atoms with E-state index in [0.717, 1.165) is 28.3 Å². The molecular formula is C13H17N5S. The standard InChI is InChI=1S/C13H17N5S/c1-7-5-8(2)15-13(11(7)12(14)19)16-10-6-9(3)17-18(10)4/h5-6H,1-4H3,(H2,14,19)(H,15,16). The molecule has 0 spiro atoms. The Morgan fingerprint density at radius 3 is 2.47 bits per heavy atom. The van der Waals surface area contributed by atoms with Crippen LogP contribution in [0.4, 0.5) is 11.6 Å². The normalized spacial score (nSPS) is 10.5. The summed E-state index contributed by atoms with van der Waals surface area (Å²) in [5.74, 6) is 1.53. The first kappa shape index (κ1) is 13.5. The smallest absolute Gasteiger partial charge is 0.142 e. The fourth-order valence-corrected chi connectivity index (χ4v) is 2.34. The number of nitrogens with zero attached hydrogens (tertiary/aromatic N) is 3. The number of rotatable bonds is 3. The molecule has 0 aliphatic heterocycles. The van der Waals surface area contributed by atoms with Crippen molar-refractivity contribution in [1.82, 2.24) is 14.8 Å². The van der Waals surface area contributed by atoms with Crippen LogP contribution < -0.4 is 11.1 Å². The molecule has 0 fully saturated rings. The summed E-state index contributed by atoms with van der Waals surface area (Å²) < 4.78 is 1.76.